The van der Waals surface area contributed by atoms with Crippen molar-refractivity contribution in [2.24, 2.45) is 0 Å². The van der Waals surface area contributed by atoms with Gasteiger partial charge in [0.2, 0.25) is 0 Å². The summed E-state index contributed by atoms with van der Waals surface area (Å²) in [7, 11) is -3.80. The van der Waals surface area contributed by atoms with Gasteiger partial charge in [0.1, 0.15) is 30.2 Å². The first-order valence-corrected chi connectivity index (χ1v) is 10.5. The minimum atomic E-state index is -3.80. The molecule has 0 aliphatic carbocycles. The highest BCUT2D eigenvalue weighted by Crippen LogP contribution is 2.44. The first-order valence-electron chi connectivity index (χ1n) is 8.62. The molecule has 2 aliphatic heterocycles. The van der Waals surface area contributed by atoms with Crippen molar-refractivity contribution >= 4 is 32.9 Å². The fraction of sp³-hybridized carbons (Fsp3) is 0.562. The molecule has 0 saturated carbocycles. The quantitative estimate of drug-likeness (QED) is 0.517. The number of ether oxygens (including phenoxy) is 3. The summed E-state index contributed by atoms with van der Waals surface area (Å²) < 4.78 is 48.1. The lowest BCUT2D eigenvalue weighted by Crippen LogP contribution is -2.28. The van der Waals surface area contributed by atoms with E-state index < -0.39 is 40.4 Å². The molecule has 2 aromatic heterocycles. The Hall–Kier alpha value is -1.63. The molecule has 0 N–H and O–H groups in total. The van der Waals surface area contributed by atoms with Crippen LogP contribution >= 0.6 is 11.6 Å². The van der Waals surface area contributed by atoms with Gasteiger partial charge in [0.05, 0.1) is 18.3 Å². The number of hydrogen-bond acceptors (Lipinski definition) is 9. The van der Waals surface area contributed by atoms with E-state index in [1.165, 1.54) is 18.7 Å². The third-order valence-corrected chi connectivity index (χ3v) is 5.70. The van der Waals surface area contributed by atoms with E-state index in [4.69, 9.17) is 30.0 Å². The van der Waals surface area contributed by atoms with Crippen molar-refractivity contribution in [3.8, 4) is 0 Å². The van der Waals surface area contributed by atoms with Crippen LogP contribution < -0.4 is 0 Å². The van der Waals surface area contributed by atoms with Crippen LogP contribution in [-0.4, -0.2) is 58.6 Å². The van der Waals surface area contributed by atoms with E-state index >= 15 is 0 Å². The Labute approximate surface area is 166 Å². The predicted octanol–water partition coefficient (Wildman–Crippen LogP) is 1.78. The lowest BCUT2D eigenvalue weighted by atomic mass is 10.1. The van der Waals surface area contributed by atoms with E-state index in [-0.39, 0.29) is 11.8 Å². The Balaban J connectivity index is 1.69. The van der Waals surface area contributed by atoms with Gasteiger partial charge >= 0.3 is 0 Å². The first-order chi connectivity index (χ1) is 13.2. The lowest BCUT2D eigenvalue weighted by Gasteiger charge is -2.23. The SMILES string of the molecule is CCOS(=O)(=O)C=C[C@H]1O[C@@H](n2cnc3c(Cl)ncnc32)[C@@H]2OC(C)(C)O[C@@H]21. The minimum absolute atomic E-state index is 0.0427. The Morgan fingerprint density at radius 3 is 2.79 bits per heavy atom. The molecule has 2 aromatic rings. The van der Waals surface area contributed by atoms with Crippen LogP contribution in [-0.2, 0) is 28.5 Å². The maximum absolute atomic E-state index is 11.8. The summed E-state index contributed by atoms with van der Waals surface area (Å²) >= 11 is 6.08. The van der Waals surface area contributed by atoms with Crippen molar-refractivity contribution in [3.63, 3.8) is 0 Å². The van der Waals surface area contributed by atoms with Crippen LogP contribution in [0.4, 0.5) is 0 Å². The third-order valence-electron chi connectivity index (χ3n) is 4.37. The second-order valence-electron chi connectivity index (χ2n) is 6.77. The van der Waals surface area contributed by atoms with Gasteiger partial charge in [0.25, 0.3) is 10.1 Å². The molecule has 28 heavy (non-hydrogen) atoms. The van der Waals surface area contributed by atoms with Crippen LogP contribution in [0, 0.1) is 0 Å². The van der Waals surface area contributed by atoms with Crippen molar-refractivity contribution < 1.29 is 26.8 Å². The largest absolute Gasteiger partial charge is 0.345 e. The molecular weight excluding hydrogens is 412 g/mol. The predicted molar refractivity (Wildman–Crippen MR) is 97.8 cm³/mol. The molecule has 152 valence electrons. The Morgan fingerprint density at radius 1 is 1.29 bits per heavy atom. The topological polar surface area (TPSA) is 115 Å². The highest BCUT2D eigenvalue weighted by atomic mass is 35.5. The highest BCUT2D eigenvalue weighted by molar-refractivity contribution is 7.89. The minimum Gasteiger partial charge on any atom is -0.345 e. The Bertz CT molecular complexity index is 1020. The van der Waals surface area contributed by atoms with Gasteiger partial charge in [0, 0.05) is 0 Å². The van der Waals surface area contributed by atoms with Crippen molar-refractivity contribution in [2.75, 3.05) is 6.61 Å². The normalized spacial score (nSPS) is 29.7. The molecule has 2 aliphatic rings. The zero-order valence-electron chi connectivity index (χ0n) is 15.4. The van der Waals surface area contributed by atoms with Crippen LogP contribution in [0.3, 0.4) is 0 Å². The summed E-state index contributed by atoms with van der Waals surface area (Å²) in [6.07, 6.45) is 1.90. The molecule has 0 radical (unpaired) electrons. The van der Waals surface area contributed by atoms with E-state index in [1.807, 2.05) is 0 Å². The molecule has 0 bridgehead atoms. The molecular formula is C16H19ClN4O6S. The molecule has 0 aromatic carbocycles. The molecule has 4 heterocycles. The lowest BCUT2D eigenvalue weighted by molar-refractivity contribution is -0.191. The summed E-state index contributed by atoms with van der Waals surface area (Å²) in [6, 6.07) is 0. The molecule has 2 fully saturated rings. The number of hydrogen-bond donors (Lipinski definition) is 0. The fourth-order valence-corrected chi connectivity index (χ4v) is 4.30. The van der Waals surface area contributed by atoms with Crippen molar-refractivity contribution in [1.82, 2.24) is 19.5 Å². The summed E-state index contributed by atoms with van der Waals surface area (Å²) in [6.45, 7) is 5.20. The van der Waals surface area contributed by atoms with Gasteiger partial charge in [-0.3, -0.25) is 8.75 Å². The zero-order chi connectivity index (χ0) is 20.1. The van der Waals surface area contributed by atoms with Crippen molar-refractivity contribution in [2.45, 2.75) is 51.1 Å². The van der Waals surface area contributed by atoms with Gasteiger partial charge < -0.3 is 14.2 Å². The van der Waals surface area contributed by atoms with Crippen LogP contribution in [0.15, 0.2) is 24.1 Å². The molecule has 10 nitrogen and oxygen atoms in total. The van der Waals surface area contributed by atoms with Crippen LogP contribution in [0.5, 0.6) is 0 Å². The molecule has 2 saturated heterocycles. The maximum Gasteiger partial charge on any atom is 0.289 e. The molecule has 0 amide bonds. The number of aromatic nitrogens is 4. The summed E-state index contributed by atoms with van der Waals surface area (Å²) in [5, 5.41) is 1.20. The maximum atomic E-state index is 11.8. The second-order valence-corrected chi connectivity index (χ2v) is 8.62. The third kappa shape index (κ3) is 3.53. The van der Waals surface area contributed by atoms with E-state index in [0.29, 0.717) is 11.2 Å². The number of rotatable bonds is 5. The second kappa shape index (κ2) is 7.01. The van der Waals surface area contributed by atoms with E-state index in [1.54, 1.807) is 25.3 Å². The van der Waals surface area contributed by atoms with Gasteiger partial charge in [-0.1, -0.05) is 11.6 Å². The molecule has 4 atom stereocenters. The van der Waals surface area contributed by atoms with Crippen molar-refractivity contribution in [3.05, 3.63) is 29.3 Å². The van der Waals surface area contributed by atoms with Gasteiger partial charge in [-0.15, -0.1) is 0 Å². The van der Waals surface area contributed by atoms with Crippen LogP contribution in [0.1, 0.15) is 27.0 Å². The zero-order valence-corrected chi connectivity index (χ0v) is 16.9. The number of halogens is 1. The number of fused-ring (bicyclic) bond motifs is 2. The fourth-order valence-electron chi connectivity index (χ4n) is 3.37. The highest BCUT2D eigenvalue weighted by Gasteiger charge is 2.55. The Morgan fingerprint density at radius 2 is 2.04 bits per heavy atom. The molecule has 4 rings (SSSR count). The summed E-state index contributed by atoms with van der Waals surface area (Å²) in [5.74, 6) is -0.856. The molecule has 0 spiro atoms. The summed E-state index contributed by atoms with van der Waals surface area (Å²) in [4.78, 5) is 12.4. The molecule has 0 unspecified atom stereocenters. The van der Waals surface area contributed by atoms with E-state index in [0.717, 1.165) is 5.41 Å². The molecule has 12 heteroatoms. The summed E-state index contributed by atoms with van der Waals surface area (Å²) in [5.41, 5.74) is 0.907. The monoisotopic (exact) mass is 430 g/mol. The smallest absolute Gasteiger partial charge is 0.289 e. The average molecular weight is 431 g/mol. The van der Waals surface area contributed by atoms with Crippen LogP contribution in [0.25, 0.3) is 11.2 Å². The van der Waals surface area contributed by atoms with Gasteiger partial charge in [-0.2, -0.15) is 8.42 Å². The number of imidazole rings is 1. The van der Waals surface area contributed by atoms with E-state index in [9.17, 15) is 8.42 Å². The van der Waals surface area contributed by atoms with Gasteiger partial charge in [0.15, 0.2) is 22.8 Å². The average Bonchev–Trinajstić information content (AvgIpc) is 3.25. The first kappa shape index (κ1) is 19.7. The van der Waals surface area contributed by atoms with E-state index in [2.05, 4.69) is 15.0 Å². The standard InChI is InChI=1S/C16H19ClN4O6S/c1-4-24-28(22,23)6-5-9-11-12(27-16(2,3)26-11)15(25-9)21-8-20-10-13(17)18-7-19-14(10)21/h5-9,11-12,15H,4H2,1-3H3/t9-,11-,12-,15-/m1/s1. The Kier molecular flexibility index (Phi) is 4.92. The van der Waals surface area contributed by atoms with Crippen molar-refractivity contribution in [1.29, 1.82) is 0 Å². The number of nitrogens with zero attached hydrogens (tertiary/aromatic N) is 4. The van der Waals surface area contributed by atoms with Gasteiger partial charge in [-0.25, -0.2) is 15.0 Å². The van der Waals surface area contributed by atoms with Gasteiger partial charge in [-0.05, 0) is 26.8 Å². The van der Waals surface area contributed by atoms with Crippen LogP contribution in [0.2, 0.25) is 5.15 Å².